The molecule has 1 heterocycles. The van der Waals surface area contributed by atoms with Gasteiger partial charge in [-0.2, -0.15) is 0 Å². The minimum absolute atomic E-state index is 0.119. The summed E-state index contributed by atoms with van der Waals surface area (Å²) in [7, 11) is 0. The number of nitro groups is 1. The van der Waals surface area contributed by atoms with Gasteiger partial charge in [-0.05, 0) is 12.1 Å². The van der Waals surface area contributed by atoms with Crippen LogP contribution in [0.3, 0.4) is 0 Å². The lowest BCUT2D eigenvalue weighted by atomic mass is 10.1. The maximum absolute atomic E-state index is 11.1. The van der Waals surface area contributed by atoms with Crippen LogP contribution in [0.1, 0.15) is 6.42 Å². The third-order valence-electron chi connectivity index (χ3n) is 2.78. The van der Waals surface area contributed by atoms with Gasteiger partial charge in [-0.3, -0.25) is 14.9 Å². The van der Waals surface area contributed by atoms with E-state index in [1.807, 2.05) is 0 Å². The number of nitrogens with zero attached hydrogens (tertiary/aromatic N) is 4. The number of rotatable bonds is 6. The molecule has 1 amide bonds. The van der Waals surface area contributed by atoms with Crippen molar-refractivity contribution in [1.82, 2.24) is 14.8 Å². The topological polar surface area (TPSA) is 103 Å². The molecule has 0 saturated heterocycles. The first-order valence-electron chi connectivity index (χ1n) is 5.97. The average Bonchev–Trinajstić information content (AvgIpc) is 2.94. The maximum Gasteiger partial charge on any atom is 0.293 e. The molecule has 0 atom stereocenters. The Morgan fingerprint density at radius 3 is 3.00 bits per heavy atom. The van der Waals surface area contributed by atoms with E-state index in [1.165, 1.54) is 18.5 Å². The van der Waals surface area contributed by atoms with Crippen LogP contribution in [0.4, 0.5) is 11.4 Å². The van der Waals surface area contributed by atoms with E-state index in [-0.39, 0.29) is 11.4 Å². The summed E-state index contributed by atoms with van der Waals surface area (Å²) < 4.78 is 1.71. The van der Waals surface area contributed by atoms with E-state index in [9.17, 15) is 14.9 Å². The van der Waals surface area contributed by atoms with Gasteiger partial charge in [-0.25, -0.2) is 0 Å². The van der Waals surface area contributed by atoms with Crippen molar-refractivity contribution in [2.24, 2.45) is 0 Å². The first-order valence-corrected chi connectivity index (χ1v) is 5.97. The Morgan fingerprint density at radius 2 is 2.33 bits per heavy atom. The number of hydrogen-bond acceptors (Lipinski definition) is 5. The van der Waals surface area contributed by atoms with Gasteiger partial charge in [0.1, 0.15) is 12.0 Å². The summed E-state index contributed by atoms with van der Waals surface area (Å²) in [6.45, 7) is 0.515. The normalized spacial score (nSPS) is 9.86. The smallest absolute Gasteiger partial charge is 0.293 e. The minimum atomic E-state index is -0.572. The molecule has 0 bridgehead atoms. The van der Waals surface area contributed by atoms with Gasteiger partial charge in [0, 0.05) is 24.6 Å². The fourth-order valence-corrected chi connectivity index (χ4v) is 1.83. The number of nitro benzene ring substituents is 1. The highest BCUT2D eigenvalue weighted by atomic mass is 16.6. The Hall–Kier alpha value is -3.21. The molecule has 2 rings (SSSR count). The van der Waals surface area contributed by atoms with Gasteiger partial charge >= 0.3 is 0 Å². The van der Waals surface area contributed by atoms with E-state index >= 15 is 0 Å². The number of carbonyl (C=O) groups excluding carboxylic acids is 1. The molecule has 2 aromatic rings. The van der Waals surface area contributed by atoms with Gasteiger partial charge in [0.05, 0.1) is 4.92 Å². The van der Waals surface area contributed by atoms with Crippen LogP contribution in [0, 0.1) is 22.5 Å². The molecule has 0 aliphatic heterocycles. The molecular weight excluding hydrogens is 274 g/mol. The Labute approximate surface area is 120 Å². The quantitative estimate of drug-likeness (QED) is 0.374. The lowest BCUT2D eigenvalue weighted by molar-refractivity contribution is -0.383. The summed E-state index contributed by atoms with van der Waals surface area (Å²) in [5.74, 6) is 2.98. The second-order valence-corrected chi connectivity index (χ2v) is 4.05. The Kier molecular flexibility index (Phi) is 4.26. The molecule has 0 saturated carbocycles. The molecule has 1 aromatic heterocycles. The number of nitrogens with one attached hydrogen (secondary N) is 1. The predicted molar refractivity (Wildman–Crippen MR) is 75.2 cm³/mol. The van der Waals surface area contributed by atoms with Crippen LogP contribution in [-0.4, -0.2) is 26.1 Å². The highest BCUT2D eigenvalue weighted by molar-refractivity contribution is 5.80. The number of amides is 1. The van der Waals surface area contributed by atoms with Crippen LogP contribution in [0.2, 0.25) is 0 Å². The van der Waals surface area contributed by atoms with E-state index < -0.39 is 4.92 Å². The zero-order valence-corrected chi connectivity index (χ0v) is 10.9. The van der Waals surface area contributed by atoms with Crippen LogP contribution >= 0.6 is 0 Å². The summed E-state index contributed by atoms with van der Waals surface area (Å²) in [5, 5.41) is 21.1. The van der Waals surface area contributed by atoms with Crippen LogP contribution in [0.15, 0.2) is 24.5 Å². The van der Waals surface area contributed by atoms with Gasteiger partial charge in [0.25, 0.3) is 5.69 Å². The van der Waals surface area contributed by atoms with E-state index in [1.54, 1.807) is 10.6 Å². The average molecular weight is 285 g/mol. The van der Waals surface area contributed by atoms with Gasteiger partial charge in [-0.15, -0.1) is 22.5 Å². The van der Waals surface area contributed by atoms with E-state index in [2.05, 4.69) is 21.4 Å². The van der Waals surface area contributed by atoms with Crippen molar-refractivity contribution in [3.8, 4) is 23.7 Å². The second kappa shape index (κ2) is 6.29. The number of carbonyl (C=O) groups is 1. The van der Waals surface area contributed by atoms with Crippen molar-refractivity contribution >= 4 is 17.8 Å². The van der Waals surface area contributed by atoms with Crippen molar-refractivity contribution in [2.45, 2.75) is 13.0 Å². The molecule has 0 aliphatic rings. The lowest BCUT2D eigenvalue weighted by Crippen LogP contribution is -2.02. The number of anilines is 1. The minimum Gasteiger partial charge on any atom is -0.323 e. The van der Waals surface area contributed by atoms with E-state index in [0.29, 0.717) is 30.8 Å². The zero-order valence-electron chi connectivity index (χ0n) is 10.9. The van der Waals surface area contributed by atoms with Gasteiger partial charge in [0.2, 0.25) is 6.41 Å². The monoisotopic (exact) mass is 285 g/mol. The van der Waals surface area contributed by atoms with Crippen LogP contribution in [-0.2, 0) is 11.3 Å². The molecule has 0 unspecified atom stereocenters. The van der Waals surface area contributed by atoms with Gasteiger partial charge < -0.3 is 9.88 Å². The van der Waals surface area contributed by atoms with E-state index in [4.69, 9.17) is 6.42 Å². The summed E-state index contributed by atoms with van der Waals surface area (Å²) in [6, 6.07) is 4.40. The second-order valence-electron chi connectivity index (χ2n) is 4.05. The molecule has 1 N–H and O–H groups in total. The first-order chi connectivity index (χ1) is 10.2. The van der Waals surface area contributed by atoms with Crippen molar-refractivity contribution in [3.63, 3.8) is 0 Å². The van der Waals surface area contributed by atoms with Gasteiger partial charge in [-0.1, -0.05) is 0 Å². The standard InChI is InChI=1S/C13H11N5O3/c1-2-3-6-17-8-15-16-13(17)10-4-5-11(14-9-19)12(7-10)18(20)21/h1,4-5,7-9H,3,6H2,(H,14,19). The lowest BCUT2D eigenvalue weighted by Gasteiger charge is -2.06. The SMILES string of the molecule is C#CCCn1cnnc1-c1ccc(NC=O)c([N+](=O)[O-])c1. The Morgan fingerprint density at radius 1 is 1.52 bits per heavy atom. The van der Waals surface area contributed by atoms with Crippen molar-refractivity contribution in [1.29, 1.82) is 0 Å². The molecule has 106 valence electrons. The molecule has 0 aliphatic carbocycles. The van der Waals surface area contributed by atoms with Crippen LogP contribution < -0.4 is 5.32 Å². The van der Waals surface area contributed by atoms with Crippen LogP contribution in [0.5, 0.6) is 0 Å². The fraction of sp³-hybridized carbons (Fsp3) is 0.154. The number of aromatic nitrogens is 3. The number of terminal acetylenes is 1. The molecule has 8 heteroatoms. The van der Waals surface area contributed by atoms with Crippen LogP contribution in [0.25, 0.3) is 11.4 Å². The van der Waals surface area contributed by atoms with E-state index in [0.717, 1.165) is 0 Å². The molecule has 0 radical (unpaired) electrons. The third-order valence-corrected chi connectivity index (χ3v) is 2.78. The number of benzene rings is 1. The number of aryl methyl sites for hydroxylation is 1. The van der Waals surface area contributed by atoms with Crippen molar-refractivity contribution in [3.05, 3.63) is 34.6 Å². The predicted octanol–water partition coefficient (Wildman–Crippen LogP) is 1.44. The first kappa shape index (κ1) is 14.2. The zero-order chi connectivity index (χ0) is 15.2. The van der Waals surface area contributed by atoms with Crippen molar-refractivity contribution < 1.29 is 9.72 Å². The highest BCUT2D eigenvalue weighted by Crippen LogP contribution is 2.29. The Balaban J connectivity index is 2.43. The summed E-state index contributed by atoms with van der Waals surface area (Å²) in [4.78, 5) is 20.9. The largest absolute Gasteiger partial charge is 0.323 e. The van der Waals surface area contributed by atoms with Gasteiger partial charge in [0.15, 0.2) is 5.82 Å². The fourth-order valence-electron chi connectivity index (χ4n) is 1.83. The molecular formula is C13H11N5O3. The maximum atomic E-state index is 11.1. The number of hydrogen-bond donors (Lipinski definition) is 1. The molecule has 0 fully saturated rings. The molecule has 1 aromatic carbocycles. The molecule has 21 heavy (non-hydrogen) atoms. The van der Waals surface area contributed by atoms with Crippen molar-refractivity contribution in [2.75, 3.05) is 5.32 Å². The summed E-state index contributed by atoms with van der Waals surface area (Å²) in [6.07, 6.45) is 7.61. The summed E-state index contributed by atoms with van der Waals surface area (Å²) >= 11 is 0. The third kappa shape index (κ3) is 3.03. The molecule has 0 spiro atoms. The summed E-state index contributed by atoms with van der Waals surface area (Å²) in [5.41, 5.74) is 0.423. The molecule has 8 nitrogen and oxygen atoms in total. The highest BCUT2D eigenvalue weighted by Gasteiger charge is 2.17. The Bertz CT molecular complexity index is 717.